The van der Waals surface area contributed by atoms with E-state index in [9.17, 15) is 19.8 Å². The van der Waals surface area contributed by atoms with E-state index in [-0.39, 0.29) is 53.8 Å². The lowest BCUT2D eigenvalue weighted by molar-refractivity contribution is -0.115. The molecule has 0 spiro atoms. The largest absolute Gasteiger partial charge is 0.503 e. The number of aromatic hydroxyl groups is 2. The molecule has 276 valence electrons. The summed E-state index contributed by atoms with van der Waals surface area (Å²) in [5, 5.41) is 35.1. The molecule has 4 heterocycles. The molecule has 4 aliphatic heterocycles. The van der Waals surface area contributed by atoms with Crippen LogP contribution < -0.4 is 20.1 Å². The fourth-order valence-corrected chi connectivity index (χ4v) is 7.90. The minimum Gasteiger partial charge on any atom is -0.503 e. The summed E-state index contributed by atoms with van der Waals surface area (Å²) in [4.78, 5) is 36.4. The molecule has 4 aliphatic rings. The van der Waals surface area contributed by atoms with E-state index in [1.807, 2.05) is 0 Å². The van der Waals surface area contributed by atoms with Gasteiger partial charge in [0.15, 0.2) is 28.7 Å². The van der Waals surface area contributed by atoms with Crippen molar-refractivity contribution in [1.82, 2.24) is 10.6 Å². The Bertz CT molecular complexity index is 2140. The second-order valence-electron chi connectivity index (χ2n) is 11.2. The first kappa shape index (κ1) is 40.3. The summed E-state index contributed by atoms with van der Waals surface area (Å²) in [7, 11) is 2.69. The van der Waals surface area contributed by atoms with Crippen molar-refractivity contribution in [1.29, 1.82) is 0 Å². The monoisotopic (exact) mass is 1040 g/mol. The molecule has 12 nitrogen and oxygen atoms in total. The molecular formula is C36H29Br5N4O8. The number of oxime groups is 2. The van der Waals surface area contributed by atoms with Crippen LogP contribution in [0.15, 0.2) is 93.5 Å². The number of hydrogen-bond donors (Lipinski definition) is 4. The van der Waals surface area contributed by atoms with Gasteiger partial charge in [0.2, 0.25) is 0 Å². The van der Waals surface area contributed by atoms with Gasteiger partial charge in [0.1, 0.15) is 31.4 Å². The van der Waals surface area contributed by atoms with Gasteiger partial charge in [-0.05, 0) is 163 Å². The second-order valence-corrected chi connectivity index (χ2v) is 15.5. The lowest BCUT2D eigenvalue weighted by atomic mass is 10.1. The number of phenols is 2. The maximum atomic E-state index is 13.2. The third-order valence-electron chi connectivity index (χ3n) is 7.49. The average Bonchev–Trinajstić information content (AvgIpc) is 3.10. The highest BCUT2D eigenvalue weighted by molar-refractivity contribution is 9.11. The zero-order valence-corrected chi connectivity index (χ0v) is 35.7. The number of phenolic OH excluding ortho intramolecular Hbond substituents is 2. The summed E-state index contributed by atoms with van der Waals surface area (Å²) in [5.74, 6) is -0.144. The smallest absolute Gasteiger partial charge is 0.273 e. The van der Waals surface area contributed by atoms with E-state index >= 15 is 0 Å². The number of carbonyl (C=O) groups excluding carboxylic acids is 2. The Balaban J connectivity index is 1.52. The van der Waals surface area contributed by atoms with E-state index < -0.39 is 11.8 Å². The van der Waals surface area contributed by atoms with Crippen LogP contribution in [0.25, 0.3) is 6.08 Å². The highest BCUT2D eigenvalue weighted by Gasteiger charge is 2.20. The molecule has 0 saturated carbocycles. The Labute approximate surface area is 346 Å². The number of hydrogen-bond acceptors (Lipinski definition) is 10. The van der Waals surface area contributed by atoms with Gasteiger partial charge in [-0.3, -0.25) is 9.59 Å². The molecule has 4 aromatic carbocycles. The molecule has 2 amide bonds. The van der Waals surface area contributed by atoms with Crippen molar-refractivity contribution >= 4 is 109 Å². The first-order valence-corrected chi connectivity index (χ1v) is 19.4. The number of nitrogens with zero attached hydrogens (tertiary/aromatic N) is 2. The fraction of sp³-hybridized carbons (Fsp3) is 0.167. The van der Waals surface area contributed by atoms with Crippen molar-refractivity contribution in [3.8, 4) is 34.5 Å². The number of halogens is 5. The Morgan fingerprint density at radius 2 is 1.23 bits per heavy atom. The lowest BCUT2D eigenvalue weighted by Crippen LogP contribution is -2.34. The lowest BCUT2D eigenvalue weighted by Gasteiger charge is -2.15. The predicted molar refractivity (Wildman–Crippen MR) is 218 cm³/mol. The van der Waals surface area contributed by atoms with Crippen LogP contribution in [0, 0.1) is 0 Å². The van der Waals surface area contributed by atoms with Gasteiger partial charge < -0.3 is 40.0 Å². The number of benzene rings is 4. The van der Waals surface area contributed by atoms with Gasteiger partial charge in [-0.15, -0.1) is 0 Å². The van der Waals surface area contributed by atoms with Crippen LogP contribution in [0.4, 0.5) is 0 Å². The Hall–Kier alpha value is -3.90. The first-order chi connectivity index (χ1) is 25.4. The molecular weight excluding hydrogens is 1020 g/mol. The maximum absolute atomic E-state index is 13.2. The standard InChI is InChI=1S/C36H29Br5N4O8/c1-50-44-27-14-18-3-4-29(22(37)9-18)52-30-17-21(13-24(39)32(30)46)15-28(45-51-2)36(49)42-7-5-19-11-25(40)34(26(41)12-19)53-31-16-20(6-8-43-35(27)48)10-23(38)33(31)47/h3-5,7,9-13,16-17,46-47H,6,8,14-15H2,1-2H3,(H,42,49)(H,43,48)/b7-5-,44-27+,45-28+. The second kappa shape index (κ2) is 18.4. The summed E-state index contributed by atoms with van der Waals surface area (Å²) in [5.41, 5.74) is 2.96. The van der Waals surface area contributed by atoms with Crippen molar-refractivity contribution in [3.63, 3.8) is 0 Å². The first-order valence-electron chi connectivity index (χ1n) is 15.5. The molecule has 0 aliphatic carbocycles. The molecule has 0 radical (unpaired) electrons. The van der Waals surface area contributed by atoms with Gasteiger partial charge in [-0.2, -0.15) is 0 Å². The number of amides is 2. The van der Waals surface area contributed by atoms with Crippen molar-refractivity contribution in [2.75, 3.05) is 20.8 Å². The molecule has 4 N–H and O–H groups in total. The van der Waals surface area contributed by atoms with Crippen LogP contribution in [0.5, 0.6) is 34.5 Å². The summed E-state index contributed by atoms with van der Waals surface area (Å²) in [6, 6.07) is 15.4. The van der Waals surface area contributed by atoms with Crippen LogP contribution in [-0.2, 0) is 38.5 Å². The van der Waals surface area contributed by atoms with E-state index in [1.165, 1.54) is 20.4 Å². The number of rotatable bonds is 2. The Morgan fingerprint density at radius 3 is 1.87 bits per heavy atom. The van der Waals surface area contributed by atoms with Crippen LogP contribution >= 0.6 is 79.6 Å². The number of ether oxygens (including phenoxy) is 2. The topological polar surface area (TPSA) is 160 Å². The minimum atomic E-state index is -0.523. The maximum Gasteiger partial charge on any atom is 0.273 e. The fourth-order valence-electron chi connectivity index (χ4n) is 5.03. The third kappa shape index (κ3) is 10.4. The van der Waals surface area contributed by atoms with Gasteiger partial charge in [0.25, 0.3) is 11.8 Å². The van der Waals surface area contributed by atoms with Crippen molar-refractivity contribution in [2.45, 2.75) is 19.3 Å². The zero-order chi connectivity index (χ0) is 38.2. The summed E-state index contributed by atoms with van der Waals surface area (Å²) in [6.45, 7) is 0.247. The van der Waals surface area contributed by atoms with Gasteiger partial charge in [-0.1, -0.05) is 16.4 Å². The normalized spacial score (nSPS) is 16.2. The quantitative estimate of drug-likeness (QED) is 0.145. The summed E-state index contributed by atoms with van der Waals surface area (Å²) >= 11 is 17.4. The van der Waals surface area contributed by atoms with Crippen molar-refractivity contribution < 1.29 is 39.0 Å². The summed E-state index contributed by atoms with van der Waals surface area (Å²) < 4.78 is 14.6. The van der Waals surface area contributed by atoms with Crippen LogP contribution in [0.2, 0.25) is 0 Å². The minimum absolute atomic E-state index is 0.0276. The highest BCUT2D eigenvalue weighted by Crippen LogP contribution is 2.44. The van der Waals surface area contributed by atoms with Gasteiger partial charge in [0, 0.05) is 25.6 Å². The third-order valence-corrected chi connectivity index (χ3v) is 10.5. The molecule has 53 heavy (non-hydrogen) atoms. The van der Waals surface area contributed by atoms with Crippen molar-refractivity contribution in [3.05, 3.63) is 105 Å². The number of nitrogens with one attached hydrogen (secondary N) is 2. The average molecular weight is 1050 g/mol. The Morgan fingerprint density at radius 1 is 0.660 bits per heavy atom. The van der Waals surface area contributed by atoms with E-state index in [4.69, 9.17) is 19.1 Å². The van der Waals surface area contributed by atoms with Crippen molar-refractivity contribution in [2.24, 2.45) is 10.3 Å². The van der Waals surface area contributed by atoms with Crippen LogP contribution in [0.1, 0.15) is 22.3 Å². The molecule has 0 saturated heterocycles. The molecule has 0 aromatic heterocycles. The predicted octanol–water partition coefficient (Wildman–Crippen LogP) is 9.04. The SMILES string of the molecule is CO/N=C1\Cc2cc(Br)c(O)c(c2)Oc2ccc(cc2Br)C/C(=N\OC)C(=O)NCCc2cc(Br)c(O)c(c2)Oc2c(Br)cc(cc2Br)/C=C\NC1=O. The van der Waals surface area contributed by atoms with E-state index in [0.29, 0.717) is 51.4 Å². The van der Waals surface area contributed by atoms with E-state index in [2.05, 4.69) is 101 Å². The Kier molecular flexibility index (Phi) is 14.0. The van der Waals surface area contributed by atoms with E-state index in [1.54, 1.807) is 60.7 Å². The molecule has 0 atom stereocenters. The van der Waals surface area contributed by atoms with Crippen LogP contribution in [0.3, 0.4) is 0 Å². The molecule has 0 unspecified atom stereocenters. The van der Waals surface area contributed by atoms with Gasteiger partial charge in [0.05, 0.1) is 22.4 Å². The summed E-state index contributed by atoms with van der Waals surface area (Å²) in [6.07, 6.45) is 3.70. The highest BCUT2D eigenvalue weighted by atomic mass is 79.9. The molecule has 17 heteroatoms. The zero-order valence-electron chi connectivity index (χ0n) is 27.8. The van der Waals surface area contributed by atoms with Gasteiger partial charge >= 0.3 is 0 Å². The van der Waals surface area contributed by atoms with Gasteiger partial charge in [-0.25, -0.2) is 0 Å². The molecule has 8 rings (SSSR count). The van der Waals surface area contributed by atoms with E-state index in [0.717, 1.165) is 11.1 Å². The molecule has 0 fully saturated rings. The molecule has 8 bridgehead atoms. The molecule has 4 aromatic rings. The number of carbonyl (C=O) groups is 2. The van der Waals surface area contributed by atoms with Crippen LogP contribution in [-0.4, -0.2) is 54.2 Å².